The van der Waals surface area contributed by atoms with Crippen molar-refractivity contribution in [3.63, 3.8) is 0 Å². The first kappa shape index (κ1) is 9.95. The number of Topliss-reactive ketones (excluding diaryl/α,β-unsaturated/α-hetero) is 1. The maximum Gasteiger partial charge on any atom is 0.139 e. The Labute approximate surface area is 86.6 Å². The van der Waals surface area contributed by atoms with Crippen LogP contribution in [0.2, 0.25) is 0 Å². The fourth-order valence-corrected chi connectivity index (χ4v) is 3.16. The van der Waals surface area contributed by atoms with Crippen LogP contribution in [0.1, 0.15) is 52.9 Å². The number of carbonyl (C=O) groups excluding carboxylic acids is 1. The molecule has 2 atom stereocenters. The molecule has 78 valence electrons. The van der Waals surface area contributed by atoms with Crippen LogP contribution in [0.25, 0.3) is 0 Å². The summed E-state index contributed by atoms with van der Waals surface area (Å²) in [6.07, 6.45) is 5.37. The van der Waals surface area contributed by atoms with E-state index in [0.29, 0.717) is 11.7 Å². The summed E-state index contributed by atoms with van der Waals surface area (Å²) in [7, 11) is 0. The highest BCUT2D eigenvalue weighted by atomic mass is 16.1. The normalized spacial score (nSPS) is 38.5. The Kier molecular flexibility index (Phi) is 2.29. The van der Waals surface area contributed by atoms with Gasteiger partial charge in [-0.1, -0.05) is 18.1 Å². The minimum Gasteiger partial charge on any atom is -0.299 e. The summed E-state index contributed by atoms with van der Waals surface area (Å²) in [6, 6.07) is 0. The molecule has 0 spiro atoms. The van der Waals surface area contributed by atoms with Gasteiger partial charge in [0.15, 0.2) is 0 Å². The van der Waals surface area contributed by atoms with E-state index < -0.39 is 0 Å². The summed E-state index contributed by atoms with van der Waals surface area (Å²) in [5.74, 6) is 1.15. The number of carbonyl (C=O) groups is 1. The third-order valence-corrected chi connectivity index (χ3v) is 4.41. The molecule has 0 amide bonds. The monoisotopic (exact) mass is 192 g/mol. The topological polar surface area (TPSA) is 17.1 Å². The number of hydrogen-bond acceptors (Lipinski definition) is 1. The zero-order valence-corrected chi connectivity index (χ0v) is 9.52. The minimum absolute atomic E-state index is 0.0121. The van der Waals surface area contributed by atoms with Gasteiger partial charge in [0.05, 0.1) is 0 Å². The van der Waals surface area contributed by atoms with E-state index in [1.54, 1.807) is 0 Å². The zero-order chi connectivity index (χ0) is 10.3. The Morgan fingerprint density at radius 3 is 2.71 bits per heavy atom. The molecule has 0 unspecified atom stereocenters. The van der Waals surface area contributed by atoms with Gasteiger partial charge in [0, 0.05) is 11.8 Å². The van der Waals surface area contributed by atoms with Crippen LogP contribution < -0.4 is 0 Å². The van der Waals surface area contributed by atoms with Crippen molar-refractivity contribution in [1.29, 1.82) is 0 Å². The van der Waals surface area contributed by atoms with Crippen molar-refractivity contribution in [3.8, 4) is 0 Å². The highest BCUT2D eigenvalue weighted by Gasteiger charge is 2.45. The third-order valence-electron chi connectivity index (χ3n) is 4.41. The summed E-state index contributed by atoms with van der Waals surface area (Å²) >= 11 is 0. The van der Waals surface area contributed by atoms with E-state index >= 15 is 0 Å². The molecule has 0 aromatic carbocycles. The molecular weight excluding hydrogens is 172 g/mol. The molecule has 0 saturated heterocycles. The van der Waals surface area contributed by atoms with E-state index in [4.69, 9.17) is 0 Å². The summed E-state index contributed by atoms with van der Waals surface area (Å²) in [6.45, 7) is 6.61. The predicted octanol–water partition coefficient (Wildman–Crippen LogP) is 3.49. The maximum atomic E-state index is 12.0. The molecule has 2 aliphatic carbocycles. The van der Waals surface area contributed by atoms with Crippen molar-refractivity contribution in [1.82, 2.24) is 0 Å². The third kappa shape index (κ3) is 1.34. The van der Waals surface area contributed by atoms with Crippen molar-refractivity contribution in [2.24, 2.45) is 11.3 Å². The Morgan fingerprint density at radius 1 is 1.29 bits per heavy atom. The molecule has 1 saturated carbocycles. The van der Waals surface area contributed by atoms with Crippen LogP contribution >= 0.6 is 0 Å². The van der Waals surface area contributed by atoms with Gasteiger partial charge in [-0.15, -0.1) is 0 Å². The molecule has 2 aliphatic rings. The van der Waals surface area contributed by atoms with Crippen LogP contribution in [0, 0.1) is 11.3 Å². The quantitative estimate of drug-likeness (QED) is 0.537. The standard InChI is InChI=1S/C13H20O/c1-9-7-11-5-4-6-12(14)13(11,3)8-10(9)2/h11H,4-8H2,1-3H3/t11-,13-/m0/s1. The van der Waals surface area contributed by atoms with E-state index in [0.717, 1.165) is 25.7 Å². The smallest absolute Gasteiger partial charge is 0.139 e. The first-order chi connectivity index (χ1) is 6.54. The zero-order valence-electron chi connectivity index (χ0n) is 9.52. The van der Waals surface area contributed by atoms with Crippen LogP contribution in [0.15, 0.2) is 11.1 Å². The lowest BCUT2D eigenvalue weighted by Gasteiger charge is -2.44. The Balaban J connectivity index is 2.33. The highest BCUT2D eigenvalue weighted by Crippen LogP contribution is 2.49. The van der Waals surface area contributed by atoms with Crippen LogP contribution in [0.4, 0.5) is 0 Å². The molecule has 1 heteroatoms. The van der Waals surface area contributed by atoms with Gasteiger partial charge in [0.1, 0.15) is 5.78 Å². The summed E-state index contributed by atoms with van der Waals surface area (Å²) in [4.78, 5) is 12.0. The predicted molar refractivity (Wildman–Crippen MR) is 58.1 cm³/mol. The van der Waals surface area contributed by atoms with Gasteiger partial charge in [-0.2, -0.15) is 0 Å². The number of ketones is 1. The maximum absolute atomic E-state index is 12.0. The van der Waals surface area contributed by atoms with Gasteiger partial charge in [-0.25, -0.2) is 0 Å². The molecule has 0 aliphatic heterocycles. The summed E-state index contributed by atoms with van der Waals surface area (Å²) < 4.78 is 0. The molecular formula is C13H20O. The fraction of sp³-hybridized carbons (Fsp3) is 0.769. The number of allylic oxidation sites excluding steroid dienone is 2. The molecule has 14 heavy (non-hydrogen) atoms. The average Bonchev–Trinajstić information content (AvgIpc) is 2.11. The lowest BCUT2D eigenvalue weighted by molar-refractivity contribution is -0.134. The van der Waals surface area contributed by atoms with Crippen LogP contribution in [0.5, 0.6) is 0 Å². The minimum atomic E-state index is -0.0121. The van der Waals surface area contributed by atoms with E-state index in [1.165, 1.54) is 17.6 Å². The Bertz CT molecular complexity index is 300. The van der Waals surface area contributed by atoms with Crippen LogP contribution in [-0.4, -0.2) is 5.78 Å². The average molecular weight is 192 g/mol. The van der Waals surface area contributed by atoms with E-state index in [1.807, 2.05) is 0 Å². The molecule has 2 rings (SSSR count). The van der Waals surface area contributed by atoms with Crippen molar-refractivity contribution in [2.75, 3.05) is 0 Å². The van der Waals surface area contributed by atoms with Crippen molar-refractivity contribution in [2.45, 2.75) is 52.9 Å². The van der Waals surface area contributed by atoms with Gasteiger partial charge < -0.3 is 0 Å². The molecule has 0 aromatic rings. The van der Waals surface area contributed by atoms with Gasteiger partial charge in [0.2, 0.25) is 0 Å². The lowest BCUT2D eigenvalue weighted by atomic mass is 9.59. The molecule has 0 heterocycles. The SMILES string of the molecule is CC1=C(C)C[C@]2(C)C(=O)CCC[C@H]2C1. The van der Waals surface area contributed by atoms with Gasteiger partial charge >= 0.3 is 0 Å². The Morgan fingerprint density at radius 2 is 2.00 bits per heavy atom. The second-order valence-corrected chi connectivity index (χ2v) is 5.37. The van der Waals surface area contributed by atoms with Crippen molar-refractivity contribution in [3.05, 3.63) is 11.1 Å². The molecule has 0 aromatic heterocycles. The van der Waals surface area contributed by atoms with Crippen LogP contribution in [0.3, 0.4) is 0 Å². The van der Waals surface area contributed by atoms with Gasteiger partial charge in [-0.05, 0) is 45.4 Å². The first-order valence-electron chi connectivity index (χ1n) is 5.72. The number of fused-ring (bicyclic) bond motifs is 1. The highest BCUT2D eigenvalue weighted by molar-refractivity contribution is 5.86. The first-order valence-corrected chi connectivity index (χ1v) is 5.72. The van der Waals surface area contributed by atoms with Crippen molar-refractivity contribution >= 4 is 5.78 Å². The van der Waals surface area contributed by atoms with E-state index in [9.17, 15) is 4.79 Å². The van der Waals surface area contributed by atoms with Gasteiger partial charge in [0.25, 0.3) is 0 Å². The fourth-order valence-electron chi connectivity index (χ4n) is 3.16. The van der Waals surface area contributed by atoms with Crippen LogP contribution in [-0.2, 0) is 4.79 Å². The molecule has 0 radical (unpaired) electrons. The summed E-state index contributed by atoms with van der Waals surface area (Å²) in [5, 5.41) is 0. The molecule has 1 nitrogen and oxygen atoms in total. The molecule has 0 bridgehead atoms. The molecule has 0 N–H and O–H groups in total. The second kappa shape index (κ2) is 3.22. The number of rotatable bonds is 0. The van der Waals surface area contributed by atoms with E-state index in [-0.39, 0.29) is 5.41 Å². The van der Waals surface area contributed by atoms with Crippen molar-refractivity contribution < 1.29 is 4.79 Å². The van der Waals surface area contributed by atoms with E-state index in [2.05, 4.69) is 20.8 Å². The number of hydrogen-bond donors (Lipinski definition) is 0. The Hall–Kier alpha value is -0.590. The molecule has 1 fully saturated rings. The largest absolute Gasteiger partial charge is 0.299 e. The second-order valence-electron chi connectivity index (χ2n) is 5.37. The van der Waals surface area contributed by atoms with Gasteiger partial charge in [-0.3, -0.25) is 4.79 Å². The summed E-state index contributed by atoms with van der Waals surface area (Å²) in [5.41, 5.74) is 2.98. The lowest BCUT2D eigenvalue weighted by Crippen LogP contribution is -2.41.